The number of benzene rings is 1. The van der Waals surface area contributed by atoms with E-state index in [1.165, 1.54) is 7.11 Å². The van der Waals surface area contributed by atoms with Crippen LogP contribution in [-0.4, -0.2) is 18.1 Å². The van der Waals surface area contributed by atoms with Crippen LogP contribution in [0, 0.1) is 13.8 Å². The van der Waals surface area contributed by atoms with Gasteiger partial charge in [0.15, 0.2) is 0 Å². The molecule has 0 spiro atoms. The number of hydrogen-bond donors (Lipinski definition) is 0. The molecule has 0 saturated heterocycles. The molecule has 92 valence electrons. The zero-order valence-corrected chi connectivity index (χ0v) is 10.7. The first kappa shape index (κ1) is 12.3. The molecule has 1 aromatic heterocycles. The summed E-state index contributed by atoms with van der Waals surface area (Å²) in [5.74, 6) is -0.320. The summed E-state index contributed by atoms with van der Waals surface area (Å²) in [7, 11) is 1.38. The lowest BCUT2D eigenvalue weighted by Crippen LogP contribution is -2.00. The molecule has 0 radical (unpaired) electrons. The number of rotatable bonds is 2. The van der Waals surface area contributed by atoms with Crippen LogP contribution in [0.5, 0.6) is 0 Å². The number of nitrogens with zero attached hydrogens (tertiary/aromatic N) is 1. The van der Waals surface area contributed by atoms with E-state index in [0.29, 0.717) is 5.56 Å². The minimum Gasteiger partial charge on any atom is -0.465 e. The molecule has 2 aromatic rings. The van der Waals surface area contributed by atoms with Crippen LogP contribution in [0.15, 0.2) is 36.4 Å². The van der Waals surface area contributed by atoms with Gasteiger partial charge in [0.1, 0.15) is 0 Å². The van der Waals surface area contributed by atoms with Crippen LogP contribution in [-0.2, 0) is 4.74 Å². The number of methoxy groups -OCH3 is 1. The van der Waals surface area contributed by atoms with Gasteiger partial charge in [-0.1, -0.05) is 12.1 Å². The highest BCUT2D eigenvalue weighted by Gasteiger charge is 2.07. The topological polar surface area (TPSA) is 39.2 Å². The van der Waals surface area contributed by atoms with Gasteiger partial charge in [-0.3, -0.25) is 4.98 Å². The van der Waals surface area contributed by atoms with Crippen molar-refractivity contribution in [1.29, 1.82) is 0 Å². The van der Waals surface area contributed by atoms with E-state index in [2.05, 4.69) is 4.98 Å². The SMILES string of the molecule is COC(=O)c1cccc(-c2cc(C)nc(C)c2)c1. The molecule has 1 heterocycles. The van der Waals surface area contributed by atoms with Crippen molar-refractivity contribution in [2.45, 2.75) is 13.8 Å². The smallest absolute Gasteiger partial charge is 0.337 e. The van der Waals surface area contributed by atoms with Crippen molar-refractivity contribution in [3.63, 3.8) is 0 Å². The van der Waals surface area contributed by atoms with Crippen molar-refractivity contribution in [3.8, 4) is 11.1 Å². The fourth-order valence-corrected chi connectivity index (χ4v) is 1.94. The molecule has 0 N–H and O–H groups in total. The lowest BCUT2D eigenvalue weighted by Gasteiger charge is -2.06. The van der Waals surface area contributed by atoms with Gasteiger partial charge in [0.05, 0.1) is 12.7 Å². The Kier molecular flexibility index (Phi) is 3.42. The van der Waals surface area contributed by atoms with Gasteiger partial charge in [0.25, 0.3) is 0 Å². The Bertz CT molecular complexity index is 571. The van der Waals surface area contributed by atoms with E-state index < -0.39 is 0 Å². The fraction of sp³-hybridized carbons (Fsp3) is 0.200. The van der Waals surface area contributed by atoms with E-state index in [1.807, 2.05) is 44.2 Å². The first-order valence-corrected chi connectivity index (χ1v) is 5.74. The quantitative estimate of drug-likeness (QED) is 0.758. The second-order valence-electron chi connectivity index (χ2n) is 4.21. The third kappa shape index (κ3) is 2.56. The number of esters is 1. The number of hydrogen-bond acceptors (Lipinski definition) is 3. The number of carbonyl (C=O) groups excluding carboxylic acids is 1. The molecule has 3 heteroatoms. The molecule has 0 aliphatic rings. The Morgan fingerprint density at radius 1 is 1.06 bits per heavy atom. The van der Waals surface area contributed by atoms with Gasteiger partial charge in [-0.15, -0.1) is 0 Å². The summed E-state index contributed by atoms with van der Waals surface area (Å²) in [4.78, 5) is 15.8. The molecular formula is C15H15NO2. The van der Waals surface area contributed by atoms with Crippen LogP contribution in [0.2, 0.25) is 0 Å². The lowest BCUT2D eigenvalue weighted by atomic mass is 10.0. The Balaban J connectivity index is 2.47. The average molecular weight is 241 g/mol. The van der Waals surface area contributed by atoms with Crippen LogP contribution in [0.25, 0.3) is 11.1 Å². The summed E-state index contributed by atoms with van der Waals surface area (Å²) in [6, 6.07) is 11.4. The maximum absolute atomic E-state index is 11.5. The summed E-state index contributed by atoms with van der Waals surface area (Å²) in [6.07, 6.45) is 0. The van der Waals surface area contributed by atoms with E-state index in [0.717, 1.165) is 22.5 Å². The van der Waals surface area contributed by atoms with Crippen molar-refractivity contribution in [1.82, 2.24) is 4.98 Å². The summed E-state index contributed by atoms with van der Waals surface area (Å²) >= 11 is 0. The average Bonchev–Trinajstić information content (AvgIpc) is 2.37. The Labute approximate surface area is 106 Å². The molecule has 2 rings (SSSR count). The van der Waals surface area contributed by atoms with Crippen molar-refractivity contribution in [2.24, 2.45) is 0 Å². The molecule has 1 aromatic carbocycles. The molecule has 0 atom stereocenters. The standard InChI is InChI=1S/C15H15NO2/c1-10-7-14(8-11(2)16-10)12-5-4-6-13(9-12)15(17)18-3/h4-9H,1-3H3. The number of carbonyl (C=O) groups is 1. The van der Waals surface area contributed by atoms with Gasteiger partial charge in [0, 0.05) is 11.4 Å². The van der Waals surface area contributed by atoms with Crippen LogP contribution < -0.4 is 0 Å². The zero-order chi connectivity index (χ0) is 13.1. The van der Waals surface area contributed by atoms with Crippen molar-refractivity contribution < 1.29 is 9.53 Å². The number of aryl methyl sites for hydroxylation is 2. The minimum atomic E-state index is -0.320. The molecule has 0 aliphatic heterocycles. The monoisotopic (exact) mass is 241 g/mol. The predicted octanol–water partition coefficient (Wildman–Crippen LogP) is 3.15. The predicted molar refractivity (Wildman–Crippen MR) is 70.5 cm³/mol. The zero-order valence-electron chi connectivity index (χ0n) is 10.7. The molecule has 18 heavy (non-hydrogen) atoms. The molecule has 0 fully saturated rings. The van der Waals surface area contributed by atoms with Gasteiger partial charge >= 0.3 is 5.97 Å². The molecule has 3 nitrogen and oxygen atoms in total. The van der Waals surface area contributed by atoms with Crippen LogP contribution in [0.3, 0.4) is 0 Å². The first-order valence-electron chi connectivity index (χ1n) is 5.74. The van der Waals surface area contributed by atoms with Crippen molar-refractivity contribution in [3.05, 3.63) is 53.3 Å². The highest BCUT2D eigenvalue weighted by molar-refractivity contribution is 5.90. The summed E-state index contributed by atoms with van der Waals surface area (Å²) in [5.41, 5.74) is 4.54. The van der Waals surface area contributed by atoms with Gasteiger partial charge in [0.2, 0.25) is 0 Å². The molecule has 0 amide bonds. The van der Waals surface area contributed by atoms with Crippen LogP contribution in [0.1, 0.15) is 21.7 Å². The maximum atomic E-state index is 11.5. The van der Waals surface area contributed by atoms with Gasteiger partial charge < -0.3 is 4.74 Å². The molecule has 0 bridgehead atoms. The highest BCUT2D eigenvalue weighted by Crippen LogP contribution is 2.22. The second-order valence-corrected chi connectivity index (χ2v) is 4.21. The molecule has 0 unspecified atom stereocenters. The van der Waals surface area contributed by atoms with E-state index in [4.69, 9.17) is 4.74 Å². The second kappa shape index (κ2) is 5.00. The first-order chi connectivity index (χ1) is 8.60. The summed E-state index contributed by atoms with van der Waals surface area (Å²) in [6.45, 7) is 3.92. The van der Waals surface area contributed by atoms with Gasteiger partial charge in [-0.2, -0.15) is 0 Å². The van der Waals surface area contributed by atoms with Gasteiger partial charge in [-0.05, 0) is 49.2 Å². The largest absolute Gasteiger partial charge is 0.465 e. The summed E-state index contributed by atoms with van der Waals surface area (Å²) < 4.78 is 4.72. The molecular weight excluding hydrogens is 226 g/mol. The minimum absolute atomic E-state index is 0.320. The third-order valence-corrected chi connectivity index (χ3v) is 2.70. The Hall–Kier alpha value is -2.16. The highest BCUT2D eigenvalue weighted by atomic mass is 16.5. The Morgan fingerprint density at radius 3 is 2.33 bits per heavy atom. The number of aromatic nitrogens is 1. The fourth-order valence-electron chi connectivity index (χ4n) is 1.94. The molecule has 0 aliphatic carbocycles. The normalized spacial score (nSPS) is 10.2. The van der Waals surface area contributed by atoms with Crippen molar-refractivity contribution >= 4 is 5.97 Å². The maximum Gasteiger partial charge on any atom is 0.337 e. The number of ether oxygens (including phenoxy) is 1. The molecule has 0 saturated carbocycles. The van der Waals surface area contributed by atoms with Crippen LogP contribution in [0.4, 0.5) is 0 Å². The number of pyridine rings is 1. The van der Waals surface area contributed by atoms with E-state index >= 15 is 0 Å². The van der Waals surface area contributed by atoms with E-state index in [-0.39, 0.29) is 5.97 Å². The third-order valence-electron chi connectivity index (χ3n) is 2.70. The van der Waals surface area contributed by atoms with Crippen LogP contribution >= 0.6 is 0 Å². The Morgan fingerprint density at radius 2 is 1.72 bits per heavy atom. The lowest BCUT2D eigenvalue weighted by molar-refractivity contribution is 0.0601. The van der Waals surface area contributed by atoms with Crippen molar-refractivity contribution in [2.75, 3.05) is 7.11 Å². The van der Waals surface area contributed by atoms with Gasteiger partial charge in [-0.25, -0.2) is 4.79 Å². The summed E-state index contributed by atoms with van der Waals surface area (Å²) in [5, 5.41) is 0. The van der Waals surface area contributed by atoms with E-state index in [9.17, 15) is 4.79 Å². The van der Waals surface area contributed by atoms with E-state index in [1.54, 1.807) is 6.07 Å².